The van der Waals surface area contributed by atoms with Crippen molar-refractivity contribution >= 4 is 45.8 Å². The normalized spacial score (nSPS) is 10.8. The fourth-order valence-electron chi connectivity index (χ4n) is 3.27. The van der Waals surface area contributed by atoms with Crippen LogP contribution in [-0.4, -0.2) is 16.4 Å². The highest BCUT2D eigenvalue weighted by atomic mass is 35.5. The predicted octanol–water partition coefficient (Wildman–Crippen LogP) is 5.13. The Kier molecular flexibility index (Phi) is 4.82. The number of nitrogens with two attached hydrogens (primary N) is 1. The fraction of sp³-hybridized carbons (Fsp3) is 0.0435. The molecule has 1 heterocycles. The Balaban J connectivity index is 1.80. The van der Waals surface area contributed by atoms with Crippen LogP contribution in [0.4, 0.5) is 11.5 Å². The third-order valence-corrected chi connectivity index (χ3v) is 4.99. The number of aryl methyl sites for hydroxylation is 1. The third-order valence-electron chi connectivity index (χ3n) is 4.74. The lowest BCUT2D eigenvalue weighted by Gasteiger charge is -2.08. The van der Waals surface area contributed by atoms with E-state index >= 15 is 0 Å². The lowest BCUT2D eigenvalue weighted by Crippen LogP contribution is -2.18. The maximum absolute atomic E-state index is 13.2. The molecule has 0 bridgehead atoms. The maximum atomic E-state index is 13.2. The Hall–Kier alpha value is -3.57. The van der Waals surface area contributed by atoms with Crippen molar-refractivity contribution in [2.75, 3.05) is 11.1 Å². The fourth-order valence-corrected chi connectivity index (χ4v) is 3.40. The molecule has 0 aliphatic heterocycles. The highest BCUT2D eigenvalue weighted by Gasteiger charge is 2.24. The molecule has 29 heavy (non-hydrogen) atoms. The Bertz CT molecular complexity index is 1230. The van der Waals surface area contributed by atoms with Crippen LogP contribution in [-0.2, 0) is 0 Å². The third kappa shape index (κ3) is 3.48. The molecular weight excluding hydrogens is 386 g/mol. The summed E-state index contributed by atoms with van der Waals surface area (Å²) in [6.45, 7) is 1.95. The Morgan fingerprint density at radius 2 is 1.59 bits per heavy atom. The Labute approximate surface area is 172 Å². The van der Waals surface area contributed by atoms with Gasteiger partial charge in [0.25, 0.3) is 11.8 Å². The van der Waals surface area contributed by atoms with E-state index in [2.05, 4.69) is 5.32 Å². The molecule has 0 aliphatic carbocycles. The number of carbonyl (C=O) groups excluding carboxylic acids is 2. The molecule has 0 saturated carbocycles. The van der Waals surface area contributed by atoms with Crippen molar-refractivity contribution in [3.8, 4) is 0 Å². The summed E-state index contributed by atoms with van der Waals surface area (Å²) in [5, 5.41) is 4.00. The molecule has 1 amide bonds. The molecule has 0 aliphatic rings. The topological polar surface area (TPSA) is 77.1 Å². The van der Waals surface area contributed by atoms with Crippen molar-refractivity contribution in [1.82, 2.24) is 4.57 Å². The van der Waals surface area contributed by atoms with E-state index in [4.69, 9.17) is 17.3 Å². The smallest absolute Gasteiger partial charge is 0.263 e. The van der Waals surface area contributed by atoms with E-state index in [9.17, 15) is 9.59 Å². The van der Waals surface area contributed by atoms with Crippen LogP contribution < -0.4 is 11.1 Å². The van der Waals surface area contributed by atoms with Gasteiger partial charge in [-0.25, -0.2) is 0 Å². The number of anilines is 2. The van der Waals surface area contributed by atoms with Crippen LogP contribution in [0.15, 0.2) is 72.8 Å². The van der Waals surface area contributed by atoms with Gasteiger partial charge in [-0.05, 0) is 49.4 Å². The van der Waals surface area contributed by atoms with Crippen molar-refractivity contribution in [1.29, 1.82) is 0 Å². The molecule has 0 saturated heterocycles. The lowest BCUT2D eigenvalue weighted by molar-refractivity contribution is 0.0967. The second kappa shape index (κ2) is 7.45. The minimum Gasteiger partial charge on any atom is -0.384 e. The number of halogens is 1. The van der Waals surface area contributed by atoms with E-state index in [-0.39, 0.29) is 17.3 Å². The molecule has 0 unspecified atom stereocenters. The molecule has 3 aromatic carbocycles. The van der Waals surface area contributed by atoms with Crippen LogP contribution in [0.3, 0.4) is 0 Å². The first-order valence-corrected chi connectivity index (χ1v) is 9.40. The molecule has 4 rings (SSSR count). The summed E-state index contributed by atoms with van der Waals surface area (Å²) in [5.74, 6) is -0.580. The SMILES string of the molecule is Cc1ccc(C(=O)n2c(N)c(C(=O)Nc3ccc(Cl)cc3)c3ccccc32)cc1. The minimum absolute atomic E-state index is 0.100. The lowest BCUT2D eigenvalue weighted by atomic mass is 10.1. The molecule has 0 fully saturated rings. The summed E-state index contributed by atoms with van der Waals surface area (Å²) in [6.07, 6.45) is 0. The van der Waals surface area contributed by atoms with Gasteiger partial charge in [-0.3, -0.25) is 14.2 Å². The molecule has 1 aromatic heterocycles. The number of amides is 1. The van der Waals surface area contributed by atoms with Gasteiger partial charge in [0.05, 0.1) is 11.1 Å². The van der Waals surface area contributed by atoms with E-state index in [0.29, 0.717) is 27.2 Å². The summed E-state index contributed by atoms with van der Waals surface area (Å²) in [5.41, 5.74) is 9.29. The van der Waals surface area contributed by atoms with E-state index in [0.717, 1.165) is 5.56 Å². The number of carbonyl (C=O) groups is 2. The predicted molar refractivity (Wildman–Crippen MR) is 117 cm³/mol. The van der Waals surface area contributed by atoms with Crippen LogP contribution >= 0.6 is 11.6 Å². The van der Waals surface area contributed by atoms with Gasteiger partial charge in [-0.2, -0.15) is 0 Å². The molecule has 0 radical (unpaired) electrons. The average Bonchev–Trinajstić information content (AvgIpc) is 3.01. The van der Waals surface area contributed by atoms with Crippen molar-refractivity contribution < 1.29 is 9.59 Å². The molecule has 0 atom stereocenters. The zero-order valence-corrected chi connectivity index (χ0v) is 16.4. The summed E-state index contributed by atoms with van der Waals surface area (Å²) >= 11 is 5.90. The number of nitrogens with one attached hydrogen (secondary N) is 1. The summed E-state index contributed by atoms with van der Waals surface area (Å²) in [7, 11) is 0. The molecule has 0 spiro atoms. The number of benzene rings is 3. The van der Waals surface area contributed by atoms with Gasteiger partial charge in [0.2, 0.25) is 0 Å². The van der Waals surface area contributed by atoms with E-state index in [1.807, 2.05) is 31.2 Å². The number of aromatic nitrogens is 1. The monoisotopic (exact) mass is 403 g/mol. The summed E-state index contributed by atoms with van der Waals surface area (Å²) < 4.78 is 1.39. The van der Waals surface area contributed by atoms with Crippen molar-refractivity contribution in [3.63, 3.8) is 0 Å². The van der Waals surface area contributed by atoms with Crippen molar-refractivity contribution in [3.05, 3.63) is 94.5 Å². The quantitative estimate of drug-likeness (QED) is 0.498. The van der Waals surface area contributed by atoms with Crippen LogP contribution in [0.1, 0.15) is 26.3 Å². The molecule has 4 aromatic rings. The van der Waals surface area contributed by atoms with Gasteiger partial charge < -0.3 is 11.1 Å². The zero-order chi connectivity index (χ0) is 20.5. The molecule has 5 nitrogen and oxygen atoms in total. The highest BCUT2D eigenvalue weighted by molar-refractivity contribution is 6.30. The first-order valence-electron chi connectivity index (χ1n) is 9.03. The molecular formula is C23H18ClN3O2. The van der Waals surface area contributed by atoms with Crippen LogP contribution in [0, 0.1) is 6.92 Å². The number of nitrogens with zero attached hydrogens (tertiary/aromatic N) is 1. The number of rotatable bonds is 3. The number of hydrogen-bond acceptors (Lipinski definition) is 3. The maximum Gasteiger partial charge on any atom is 0.263 e. The van der Waals surface area contributed by atoms with Gasteiger partial charge in [0.15, 0.2) is 0 Å². The van der Waals surface area contributed by atoms with E-state index < -0.39 is 5.91 Å². The zero-order valence-electron chi connectivity index (χ0n) is 15.6. The van der Waals surface area contributed by atoms with Crippen LogP contribution in [0.2, 0.25) is 5.02 Å². The van der Waals surface area contributed by atoms with Gasteiger partial charge in [-0.1, -0.05) is 47.5 Å². The number of fused-ring (bicyclic) bond motifs is 1. The van der Waals surface area contributed by atoms with Crippen molar-refractivity contribution in [2.45, 2.75) is 6.92 Å². The molecule has 144 valence electrons. The van der Waals surface area contributed by atoms with Gasteiger partial charge >= 0.3 is 0 Å². The summed E-state index contributed by atoms with van der Waals surface area (Å²) in [6, 6.07) is 21.2. The Morgan fingerprint density at radius 1 is 0.931 bits per heavy atom. The number of hydrogen-bond donors (Lipinski definition) is 2. The minimum atomic E-state index is -0.392. The van der Waals surface area contributed by atoms with Gasteiger partial charge in [0, 0.05) is 21.7 Å². The Morgan fingerprint density at radius 3 is 2.28 bits per heavy atom. The first-order chi connectivity index (χ1) is 14.0. The van der Waals surface area contributed by atoms with Gasteiger partial charge in [0.1, 0.15) is 5.82 Å². The van der Waals surface area contributed by atoms with Crippen molar-refractivity contribution in [2.24, 2.45) is 0 Å². The number of para-hydroxylation sites is 1. The number of nitrogen functional groups attached to an aromatic ring is 1. The average molecular weight is 404 g/mol. The largest absolute Gasteiger partial charge is 0.384 e. The van der Waals surface area contributed by atoms with Crippen LogP contribution in [0.25, 0.3) is 10.9 Å². The highest BCUT2D eigenvalue weighted by Crippen LogP contribution is 2.30. The second-order valence-electron chi connectivity index (χ2n) is 6.74. The summed E-state index contributed by atoms with van der Waals surface area (Å²) in [4.78, 5) is 26.2. The second-order valence-corrected chi connectivity index (χ2v) is 7.18. The molecule has 6 heteroatoms. The molecule has 3 N–H and O–H groups in total. The van der Waals surface area contributed by atoms with E-state index in [1.165, 1.54) is 4.57 Å². The first kappa shape index (κ1) is 18.8. The van der Waals surface area contributed by atoms with Crippen LogP contribution in [0.5, 0.6) is 0 Å². The van der Waals surface area contributed by atoms with E-state index in [1.54, 1.807) is 48.5 Å². The standard InChI is InChI=1S/C23H18ClN3O2/c1-14-6-8-15(9-7-14)23(29)27-19-5-3-2-4-18(19)20(21(27)25)22(28)26-17-12-10-16(24)11-13-17/h2-13H,25H2,1H3,(H,26,28). The van der Waals surface area contributed by atoms with Gasteiger partial charge in [-0.15, -0.1) is 0 Å².